The Morgan fingerprint density at radius 3 is 1.22 bits per heavy atom. The number of fused-ring (bicyclic) bond motifs is 15. The largest absolute Gasteiger partial charge is 0.504 e. The molecule has 11 aromatic heterocycles. The monoisotopic (exact) mass is 1240 g/mol. The van der Waals surface area contributed by atoms with Gasteiger partial charge in [0.15, 0.2) is 52.5 Å². The summed E-state index contributed by atoms with van der Waals surface area (Å²) >= 11 is 0. The van der Waals surface area contributed by atoms with Crippen LogP contribution in [0.4, 0.5) is 0 Å². The molecule has 18 aromatic rings. The van der Waals surface area contributed by atoms with Crippen molar-refractivity contribution in [1.82, 2.24) is 39.3 Å². The van der Waals surface area contributed by atoms with Crippen LogP contribution in [0.25, 0.3) is 132 Å². The van der Waals surface area contributed by atoms with E-state index in [1.165, 1.54) is 81.4 Å². The van der Waals surface area contributed by atoms with E-state index < -0.39 is 17.4 Å². The zero-order chi connectivity index (χ0) is 62.3. The lowest BCUT2D eigenvalue weighted by Gasteiger charge is -2.23. The van der Waals surface area contributed by atoms with Crippen LogP contribution >= 0.6 is 0 Å². The molecule has 0 bridgehead atoms. The van der Waals surface area contributed by atoms with Crippen LogP contribution in [0.1, 0.15) is 33.8 Å². The van der Waals surface area contributed by atoms with E-state index in [0.717, 1.165) is 119 Å². The molecule has 444 valence electrons. The highest BCUT2D eigenvalue weighted by Gasteiger charge is 2.75. The van der Waals surface area contributed by atoms with Crippen molar-refractivity contribution >= 4 is 97.5 Å². The molecule has 7 aromatic carbocycles. The van der Waals surface area contributed by atoms with Gasteiger partial charge in [0.05, 0.1) is 73.1 Å². The SMILES string of the molecule is Cc1cc2n(n1)C13c4c(ccc5c6ccccc6c6ccc[n+]1c6c45)Oc1cccc-2[n+]13.Cc1cc2n(n1)C13c4c(ccc5c6cnccc6c6ccc[n+]1c6c45)Oc1cccc-2[n+]13.Cc1cc2n(n1)C13c4c(ccc5c6ncccc6c6ccc[n+]1c6c45)Oc1cccc-2[n+]13. The van der Waals surface area contributed by atoms with E-state index in [4.69, 9.17) is 34.5 Å². The van der Waals surface area contributed by atoms with E-state index in [0.29, 0.717) is 0 Å². The number of ether oxygens (including phenoxy) is 3. The van der Waals surface area contributed by atoms with Crippen LogP contribution < -0.4 is 41.6 Å². The first-order chi connectivity index (χ1) is 47.3. The maximum atomic E-state index is 6.53. The molecule has 0 amide bonds. The quantitative estimate of drug-likeness (QED) is 0.108. The van der Waals surface area contributed by atoms with Gasteiger partial charge in [-0.15, -0.1) is 27.7 Å². The van der Waals surface area contributed by atoms with E-state index in [2.05, 4.69) is 256 Å². The molecule has 96 heavy (non-hydrogen) atoms. The van der Waals surface area contributed by atoms with E-state index >= 15 is 0 Å². The zero-order valence-electron chi connectivity index (χ0n) is 51.3. The Balaban J connectivity index is 0.0000000865. The fourth-order valence-electron chi connectivity index (χ4n) is 19.0. The van der Waals surface area contributed by atoms with Crippen molar-refractivity contribution in [1.29, 1.82) is 0 Å². The van der Waals surface area contributed by atoms with Crippen LogP contribution in [-0.4, -0.2) is 39.3 Å². The lowest BCUT2D eigenvalue weighted by molar-refractivity contribution is -0.970. The second kappa shape index (κ2) is 15.8. The van der Waals surface area contributed by atoms with Crippen molar-refractivity contribution in [2.75, 3.05) is 0 Å². The summed E-state index contributed by atoms with van der Waals surface area (Å²) in [6.45, 7) is 6.19. The van der Waals surface area contributed by atoms with Crippen LogP contribution in [0.3, 0.4) is 0 Å². The van der Waals surface area contributed by atoms with Crippen molar-refractivity contribution in [3.05, 3.63) is 259 Å². The van der Waals surface area contributed by atoms with Crippen LogP contribution in [-0.2, 0) is 17.4 Å². The minimum atomic E-state index is -0.679. The van der Waals surface area contributed by atoms with E-state index in [1.54, 1.807) is 0 Å². The van der Waals surface area contributed by atoms with Gasteiger partial charge in [0, 0.05) is 71.1 Å². The first-order valence-corrected chi connectivity index (χ1v) is 32.5. The van der Waals surface area contributed by atoms with E-state index in [9.17, 15) is 0 Å². The van der Waals surface area contributed by atoms with Crippen molar-refractivity contribution in [3.63, 3.8) is 0 Å². The highest BCUT2D eigenvalue weighted by Crippen LogP contribution is 2.57. The number of aryl methyl sites for hydroxylation is 3. The molecule has 9 aliphatic rings. The Kier molecular flexibility index (Phi) is 8.02. The molecule has 9 aliphatic heterocycles. The highest BCUT2D eigenvalue weighted by atomic mass is 16.5. The number of rotatable bonds is 0. The van der Waals surface area contributed by atoms with Gasteiger partial charge in [-0.2, -0.15) is 15.3 Å². The molecule has 3 atom stereocenters. The van der Waals surface area contributed by atoms with Crippen LogP contribution in [0.5, 0.6) is 34.9 Å². The van der Waals surface area contributed by atoms with Crippen molar-refractivity contribution in [3.8, 4) is 69.1 Å². The van der Waals surface area contributed by atoms with Crippen LogP contribution in [0.2, 0.25) is 0 Å². The van der Waals surface area contributed by atoms with Gasteiger partial charge in [-0.1, -0.05) is 44.0 Å². The molecule has 17 heteroatoms. The molecule has 27 rings (SSSR count). The second-order valence-electron chi connectivity index (χ2n) is 26.6. The molecule has 3 unspecified atom stereocenters. The number of hydrogen-bond acceptors (Lipinski definition) is 8. The summed E-state index contributed by atoms with van der Waals surface area (Å²) in [5, 5.41) is 32.1. The van der Waals surface area contributed by atoms with Gasteiger partial charge in [-0.25, -0.2) is 0 Å². The number of hydrogen-bond donors (Lipinski definition) is 0. The Morgan fingerprint density at radius 1 is 0.344 bits per heavy atom. The van der Waals surface area contributed by atoms with Crippen molar-refractivity contribution in [2.24, 2.45) is 0 Å². The molecule has 20 heterocycles. The van der Waals surface area contributed by atoms with Crippen LogP contribution in [0, 0.1) is 20.8 Å². The summed E-state index contributed by atoms with van der Waals surface area (Å²) in [5.74, 6) is 3.12. The Hall–Kier alpha value is -12.9. The molecular formula is C79H46N14O3+6. The summed E-state index contributed by atoms with van der Waals surface area (Å²) in [4.78, 5) is 9.25. The Labute approximate surface area is 541 Å². The lowest BCUT2D eigenvalue weighted by Crippen LogP contribution is -2.75. The fraction of sp³-hybridized carbons (Fsp3) is 0.0759. The first kappa shape index (κ1) is 48.8. The molecule has 0 aliphatic carbocycles. The predicted molar refractivity (Wildman–Crippen MR) is 355 cm³/mol. The number of benzene rings is 7. The van der Waals surface area contributed by atoms with E-state index in [-0.39, 0.29) is 0 Å². The fourth-order valence-corrected chi connectivity index (χ4v) is 19.0. The van der Waals surface area contributed by atoms with Crippen LogP contribution in [0.15, 0.2) is 225 Å². The average molecular weight is 1240 g/mol. The molecule has 17 nitrogen and oxygen atoms in total. The topological polar surface area (TPSA) is 130 Å². The number of aromatic nitrogens is 14. The molecule has 0 radical (unpaired) electrons. The maximum Gasteiger partial charge on any atom is 0.504 e. The summed E-state index contributed by atoms with van der Waals surface area (Å²) < 4.78 is 40.2. The Bertz CT molecular complexity index is 6310. The second-order valence-corrected chi connectivity index (χ2v) is 26.6. The maximum absolute atomic E-state index is 6.53. The molecule has 0 saturated carbocycles. The van der Waals surface area contributed by atoms with Gasteiger partial charge in [0.2, 0.25) is 33.6 Å². The van der Waals surface area contributed by atoms with E-state index in [1.807, 2.05) is 36.8 Å². The normalized spacial score (nSPS) is 18.5. The first-order valence-electron chi connectivity index (χ1n) is 32.5. The average Bonchev–Trinajstić information content (AvgIpc) is 1.49. The third-order valence-corrected chi connectivity index (χ3v) is 22.1. The van der Waals surface area contributed by atoms with Gasteiger partial charge < -0.3 is 14.2 Å². The minimum Gasteiger partial charge on any atom is -0.404 e. The van der Waals surface area contributed by atoms with Crippen molar-refractivity contribution < 1.29 is 41.6 Å². The highest BCUT2D eigenvalue weighted by molar-refractivity contribution is 6.27. The number of nitrogens with zero attached hydrogens (tertiary/aromatic N) is 14. The minimum absolute atomic E-state index is 0.651. The smallest absolute Gasteiger partial charge is 0.404 e. The molecule has 3 spiro atoms. The van der Waals surface area contributed by atoms with Gasteiger partial charge in [-0.3, -0.25) is 9.97 Å². The predicted octanol–water partition coefficient (Wildman–Crippen LogP) is 11.9. The summed E-state index contributed by atoms with van der Waals surface area (Å²) in [5.41, 5.74) is 17.7. The molecule has 0 saturated heterocycles. The molecule has 0 N–H and O–H groups in total. The molecule has 0 fully saturated rings. The van der Waals surface area contributed by atoms with Gasteiger partial charge >= 0.3 is 35.0 Å². The summed E-state index contributed by atoms with van der Waals surface area (Å²) in [7, 11) is 0. The molecular weight excluding hydrogens is 1190 g/mol. The number of pyridine rings is 8. The van der Waals surface area contributed by atoms with Crippen molar-refractivity contribution in [2.45, 2.75) is 38.1 Å². The van der Waals surface area contributed by atoms with Gasteiger partial charge in [0.1, 0.15) is 17.1 Å². The third-order valence-electron chi connectivity index (χ3n) is 22.1. The Morgan fingerprint density at radius 2 is 0.740 bits per heavy atom. The van der Waals surface area contributed by atoms with Gasteiger partial charge in [-0.05, 0) is 151 Å². The summed E-state index contributed by atoms with van der Waals surface area (Å²) in [6.07, 6.45) is 12.3. The zero-order valence-corrected chi connectivity index (χ0v) is 51.3. The third kappa shape index (κ3) is 4.99. The van der Waals surface area contributed by atoms with Gasteiger partial charge in [0.25, 0.3) is 0 Å². The summed E-state index contributed by atoms with van der Waals surface area (Å²) in [6, 6.07) is 66.3. The standard InChI is InChI=1S/C27H16N4O.2C26H15N5O/c1-15-14-21-20-9-4-10-23-30(20)27(31(21)28-15)25-22(32-23)12-11-18-16-6-2-3-7-17(16)19-8-5-13-29(27)26(19)24(18)25;1-14-13-19-18-7-2-8-21-30(18)26(31(19)28-14)23-20(32-21)10-9-17-22(23)25-16(6-4-12-29(25)26)15-5-3-11-27-24(15)17;1-14-12-20-19-5-2-6-22-30(19)26(31(20)28-14)24-21(32-22)8-7-16-18-13-27-10-9-15(18)17-4-3-11-29(26)25(17)23(16)24/h2-14H,1H3;2*2-13H,1H3/q3*+2. The lowest BCUT2D eigenvalue weighted by atomic mass is 9.94.